The standard InChI is InChI=1S/C39H65N11O19/c1-7-16(4)29(49-37(67)28(15(2)3)48-32(62)19(40)14-51)38(68)44-20(8-9-25(56)57)34(64)45-21(10-23(41)54)33(63)42-12-24(55)47-31(18(6)53)39(69)46-22(11-26(58)59)35(65)50-30(17(5)52)36(66)43-13-27(60)61/h15-22,28-31,51-53H,7-14,40H2,1-6H3,(H2,41,54)(H,42,63)(H,43,66)(H,44,68)(H,45,64)(H,46,69)(H,47,55)(H,48,62)(H,49,67)(H,50,65)(H,56,57)(H,58,59)(H,60,61)/t16-,17+,18+,19-,20-,21-,22-,28-,29-,30-,31-/m0/s1. The van der Waals surface area contributed by atoms with Gasteiger partial charge in [0.25, 0.3) is 0 Å². The highest BCUT2D eigenvalue weighted by molar-refractivity contribution is 5.99. The molecule has 0 aromatic heterocycles. The lowest BCUT2D eigenvalue weighted by atomic mass is 9.95. The Hall–Kier alpha value is -7.05. The van der Waals surface area contributed by atoms with E-state index >= 15 is 0 Å². The van der Waals surface area contributed by atoms with Gasteiger partial charge in [0.2, 0.25) is 59.1 Å². The van der Waals surface area contributed by atoms with Crippen molar-refractivity contribution < 1.29 is 93.0 Å². The Balaban J connectivity index is 6.25. The minimum atomic E-state index is -2.03. The van der Waals surface area contributed by atoms with Gasteiger partial charge >= 0.3 is 17.9 Å². The molecule has 10 amide bonds. The van der Waals surface area contributed by atoms with Gasteiger partial charge in [0.05, 0.1) is 38.2 Å². The second-order valence-electron chi connectivity index (χ2n) is 16.1. The number of hydrogen-bond donors (Lipinski definition) is 17. The number of rotatable bonds is 32. The van der Waals surface area contributed by atoms with E-state index in [4.69, 9.17) is 16.6 Å². The van der Waals surface area contributed by atoms with Crippen molar-refractivity contribution in [2.45, 2.75) is 134 Å². The molecule has 0 aromatic carbocycles. The number of hydrogen-bond acceptors (Lipinski definition) is 17. The number of aliphatic hydroxyl groups excluding tert-OH is 3. The van der Waals surface area contributed by atoms with Crippen LogP contribution in [0.25, 0.3) is 0 Å². The van der Waals surface area contributed by atoms with E-state index < -0.39 is 195 Å². The number of carbonyl (C=O) groups is 13. The van der Waals surface area contributed by atoms with Crippen LogP contribution in [0.3, 0.4) is 0 Å². The van der Waals surface area contributed by atoms with Gasteiger partial charge in [-0.1, -0.05) is 34.1 Å². The summed E-state index contributed by atoms with van der Waals surface area (Å²) in [4.78, 5) is 164. The van der Waals surface area contributed by atoms with Gasteiger partial charge in [-0.05, 0) is 32.1 Å². The maximum Gasteiger partial charge on any atom is 0.322 e. The number of primary amides is 1. The van der Waals surface area contributed by atoms with Crippen molar-refractivity contribution in [3.63, 3.8) is 0 Å². The minimum absolute atomic E-state index is 0.267. The Labute approximate surface area is 394 Å². The summed E-state index contributed by atoms with van der Waals surface area (Å²) in [6, 6.07) is -13.5. The number of carboxylic acids is 3. The summed E-state index contributed by atoms with van der Waals surface area (Å²) in [7, 11) is 0. The van der Waals surface area contributed by atoms with Crippen molar-refractivity contribution in [2.24, 2.45) is 23.3 Å². The minimum Gasteiger partial charge on any atom is -0.481 e. The van der Waals surface area contributed by atoms with Crippen molar-refractivity contribution in [3.05, 3.63) is 0 Å². The van der Waals surface area contributed by atoms with Gasteiger partial charge < -0.3 is 90.0 Å². The van der Waals surface area contributed by atoms with Crippen LogP contribution in [0, 0.1) is 11.8 Å². The topological polar surface area (TPSA) is 504 Å². The molecule has 0 spiro atoms. The van der Waals surface area contributed by atoms with E-state index in [0.717, 1.165) is 13.8 Å². The maximum atomic E-state index is 13.7. The third kappa shape index (κ3) is 23.0. The van der Waals surface area contributed by atoms with Gasteiger partial charge in [0.1, 0.15) is 54.9 Å². The molecule has 0 aliphatic carbocycles. The number of carboxylic acid groups (broad SMARTS) is 3. The van der Waals surface area contributed by atoms with E-state index in [1.165, 1.54) is 0 Å². The summed E-state index contributed by atoms with van der Waals surface area (Å²) in [6.07, 6.45) is -6.61. The molecule has 30 heteroatoms. The van der Waals surface area contributed by atoms with E-state index in [1.807, 2.05) is 21.3 Å². The largest absolute Gasteiger partial charge is 0.481 e. The number of carbonyl (C=O) groups excluding carboxylic acids is 10. The van der Waals surface area contributed by atoms with Crippen LogP contribution in [-0.4, -0.2) is 188 Å². The van der Waals surface area contributed by atoms with Crippen molar-refractivity contribution in [1.82, 2.24) is 47.9 Å². The highest BCUT2D eigenvalue weighted by Gasteiger charge is 2.37. The Bertz CT molecular complexity index is 1880. The first-order valence-corrected chi connectivity index (χ1v) is 21.3. The molecule has 0 bridgehead atoms. The number of aliphatic hydroxyl groups is 3. The molecule has 19 N–H and O–H groups in total. The molecule has 0 radical (unpaired) electrons. The molecule has 69 heavy (non-hydrogen) atoms. The predicted molar refractivity (Wildman–Crippen MR) is 233 cm³/mol. The quantitative estimate of drug-likeness (QED) is 0.0298. The van der Waals surface area contributed by atoms with Gasteiger partial charge in [0.15, 0.2) is 0 Å². The maximum absolute atomic E-state index is 13.7. The molecule has 30 nitrogen and oxygen atoms in total. The zero-order valence-electron chi connectivity index (χ0n) is 38.7. The number of nitrogens with two attached hydrogens (primary N) is 2. The zero-order valence-corrected chi connectivity index (χ0v) is 38.7. The van der Waals surface area contributed by atoms with Crippen LogP contribution in [0.5, 0.6) is 0 Å². The molecule has 0 fully saturated rings. The molecule has 0 aliphatic rings. The predicted octanol–water partition coefficient (Wildman–Crippen LogP) is -8.30. The lowest BCUT2D eigenvalue weighted by Gasteiger charge is -2.30. The fourth-order valence-electron chi connectivity index (χ4n) is 5.80. The van der Waals surface area contributed by atoms with E-state index in [0.29, 0.717) is 0 Å². The van der Waals surface area contributed by atoms with Gasteiger partial charge in [-0.2, -0.15) is 0 Å². The average molecular weight is 992 g/mol. The smallest absolute Gasteiger partial charge is 0.322 e. The number of aliphatic carboxylic acids is 3. The molecular weight excluding hydrogens is 926 g/mol. The molecular formula is C39H65N11O19. The first-order chi connectivity index (χ1) is 32.0. The van der Waals surface area contributed by atoms with Crippen LogP contribution in [0.2, 0.25) is 0 Å². The van der Waals surface area contributed by atoms with E-state index in [1.54, 1.807) is 27.7 Å². The van der Waals surface area contributed by atoms with Crippen LogP contribution in [-0.2, 0) is 62.3 Å². The molecule has 390 valence electrons. The third-order valence-corrected chi connectivity index (χ3v) is 9.88. The van der Waals surface area contributed by atoms with Crippen molar-refractivity contribution in [1.29, 1.82) is 0 Å². The Morgan fingerprint density at radius 2 is 0.942 bits per heavy atom. The lowest BCUT2D eigenvalue weighted by molar-refractivity contribution is -0.142. The van der Waals surface area contributed by atoms with E-state index in [2.05, 4.69) is 26.6 Å². The van der Waals surface area contributed by atoms with E-state index in [-0.39, 0.29) is 6.42 Å². The highest BCUT2D eigenvalue weighted by Crippen LogP contribution is 2.12. The van der Waals surface area contributed by atoms with E-state index in [9.17, 15) is 87.9 Å². The molecule has 0 saturated heterocycles. The second-order valence-corrected chi connectivity index (χ2v) is 16.1. The second kappa shape index (κ2) is 30.4. The van der Waals surface area contributed by atoms with Gasteiger partial charge in [-0.3, -0.25) is 62.3 Å². The van der Waals surface area contributed by atoms with Crippen LogP contribution in [0.1, 0.15) is 73.6 Å². The van der Waals surface area contributed by atoms with Crippen LogP contribution in [0.4, 0.5) is 0 Å². The lowest BCUT2D eigenvalue weighted by Crippen LogP contribution is -2.61. The summed E-state index contributed by atoms with van der Waals surface area (Å²) in [5, 5.41) is 76.4. The summed E-state index contributed by atoms with van der Waals surface area (Å²) >= 11 is 0. The summed E-state index contributed by atoms with van der Waals surface area (Å²) in [5.74, 6) is -17.4. The Kier molecular flexibility index (Phi) is 27.3. The summed E-state index contributed by atoms with van der Waals surface area (Å²) in [6.45, 7) is 5.67. The monoisotopic (exact) mass is 991 g/mol. The molecule has 0 rings (SSSR count). The first kappa shape index (κ1) is 61.9. The fraction of sp³-hybridized carbons (Fsp3) is 0.667. The third-order valence-electron chi connectivity index (χ3n) is 9.88. The first-order valence-electron chi connectivity index (χ1n) is 21.3. The average Bonchev–Trinajstić information content (AvgIpc) is 3.25. The SMILES string of the molecule is CC[C@H](C)[C@H](NC(=O)[C@@H](NC(=O)[C@@H](N)CO)C(C)C)C(=O)N[C@@H](CCC(=O)O)C(=O)N[C@@H](CC(N)=O)C(=O)NCC(=O)N[C@H](C(=O)N[C@@H](CC(=O)O)C(=O)N[C@H](C(=O)NCC(=O)O)[C@@H](C)O)[C@@H](C)O. The van der Waals surface area contributed by atoms with Gasteiger partial charge in [-0.25, -0.2) is 0 Å². The number of nitrogens with one attached hydrogen (secondary N) is 9. The summed E-state index contributed by atoms with van der Waals surface area (Å²) < 4.78 is 0. The van der Waals surface area contributed by atoms with Crippen LogP contribution in [0.15, 0.2) is 0 Å². The summed E-state index contributed by atoms with van der Waals surface area (Å²) in [5.41, 5.74) is 10.8. The van der Waals surface area contributed by atoms with Crippen molar-refractivity contribution in [3.8, 4) is 0 Å². The molecule has 0 saturated carbocycles. The van der Waals surface area contributed by atoms with Crippen molar-refractivity contribution >= 4 is 77.0 Å². The Morgan fingerprint density at radius 1 is 0.493 bits per heavy atom. The van der Waals surface area contributed by atoms with Crippen LogP contribution >= 0.6 is 0 Å². The number of amides is 10. The Morgan fingerprint density at radius 3 is 1.42 bits per heavy atom. The van der Waals surface area contributed by atoms with Crippen LogP contribution < -0.4 is 59.3 Å². The molecule has 0 aliphatic heterocycles. The van der Waals surface area contributed by atoms with Crippen molar-refractivity contribution in [2.75, 3.05) is 19.7 Å². The molecule has 11 atom stereocenters. The highest BCUT2D eigenvalue weighted by atomic mass is 16.4. The molecule has 0 unspecified atom stereocenters. The fourth-order valence-corrected chi connectivity index (χ4v) is 5.80. The van der Waals surface area contributed by atoms with Gasteiger partial charge in [0, 0.05) is 6.42 Å². The zero-order chi connectivity index (χ0) is 53.5. The normalized spacial score (nSPS) is 15.8. The molecule has 0 aromatic rings. The molecule has 0 heterocycles. The van der Waals surface area contributed by atoms with Gasteiger partial charge in [-0.15, -0.1) is 0 Å².